The maximum atomic E-state index is 12.5. The van der Waals surface area contributed by atoms with Gasteiger partial charge in [0, 0.05) is 48.3 Å². The number of methoxy groups -OCH3 is 1. The van der Waals surface area contributed by atoms with Crippen LogP contribution in [0.2, 0.25) is 0 Å². The highest BCUT2D eigenvalue weighted by Gasteiger charge is 2.27. The van der Waals surface area contributed by atoms with Crippen LogP contribution < -0.4 is 10.1 Å². The predicted octanol–water partition coefficient (Wildman–Crippen LogP) is 3.98. The molecule has 1 unspecified atom stereocenters. The second kappa shape index (κ2) is 9.03. The monoisotopic (exact) mass is 441 g/mol. The van der Waals surface area contributed by atoms with Gasteiger partial charge in [0.05, 0.1) is 30.1 Å². The third-order valence-electron chi connectivity index (χ3n) is 6.37. The third kappa shape index (κ3) is 4.19. The number of nitrogens with one attached hydrogen (secondary N) is 2. The first-order chi connectivity index (χ1) is 16.2. The largest absolute Gasteiger partial charge is 0.497 e. The van der Waals surface area contributed by atoms with Crippen LogP contribution in [0.4, 0.5) is 0 Å². The van der Waals surface area contributed by atoms with Crippen molar-refractivity contribution >= 4 is 16.8 Å². The number of likely N-dealkylation sites (tertiary alicyclic amines) is 1. The number of nitrogens with zero attached hydrogens (tertiary/aromatic N) is 3. The first-order valence-electron chi connectivity index (χ1n) is 11.2. The average molecular weight is 442 g/mol. The summed E-state index contributed by atoms with van der Waals surface area (Å²) in [6, 6.07) is 17.8. The standard InChI is InChI=1S/C26H27N5O2/c1-27-26(32)22-13-24(29-23-9-4-3-8-21(22)23)18-10-11-31(15-18)16-19-14-28-30-25(19)17-6-5-7-20(12-17)33-2/h3-9,12-14,18H,10-11,15-16H2,1-2H3,(H,27,32)(H,28,30). The van der Waals surface area contributed by atoms with Crippen LogP contribution in [-0.4, -0.2) is 53.2 Å². The first kappa shape index (κ1) is 21.2. The van der Waals surface area contributed by atoms with E-state index in [-0.39, 0.29) is 11.8 Å². The Hall–Kier alpha value is -3.71. The molecule has 2 aromatic heterocycles. The molecule has 1 aliphatic rings. The Labute approximate surface area is 192 Å². The fourth-order valence-electron chi connectivity index (χ4n) is 4.65. The number of benzene rings is 2. The van der Waals surface area contributed by atoms with Crippen LogP contribution in [0.25, 0.3) is 22.2 Å². The minimum Gasteiger partial charge on any atom is -0.497 e. The number of aromatic nitrogens is 3. The number of aromatic amines is 1. The van der Waals surface area contributed by atoms with Gasteiger partial charge in [-0.3, -0.25) is 19.8 Å². The number of fused-ring (bicyclic) bond motifs is 1. The molecule has 4 aromatic rings. The Morgan fingerprint density at radius 2 is 2.09 bits per heavy atom. The Bertz CT molecular complexity index is 1300. The normalized spacial score (nSPS) is 16.2. The van der Waals surface area contributed by atoms with Crippen LogP contribution in [0.5, 0.6) is 5.75 Å². The van der Waals surface area contributed by atoms with Gasteiger partial charge in [-0.1, -0.05) is 30.3 Å². The number of hydrogen-bond donors (Lipinski definition) is 2. The molecule has 1 fully saturated rings. The Kier molecular flexibility index (Phi) is 5.79. The maximum absolute atomic E-state index is 12.5. The highest BCUT2D eigenvalue weighted by Crippen LogP contribution is 2.32. The van der Waals surface area contributed by atoms with Crippen molar-refractivity contribution in [3.05, 3.63) is 77.6 Å². The molecule has 0 saturated carbocycles. The van der Waals surface area contributed by atoms with Crippen molar-refractivity contribution < 1.29 is 9.53 Å². The molecule has 1 saturated heterocycles. The summed E-state index contributed by atoms with van der Waals surface area (Å²) in [5, 5.41) is 11.1. The zero-order valence-corrected chi connectivity index (χ0v) is 18.8. The summed E-state index contributed by atoms with van der Waals surface area (Å²) in [4.78, 5) is 19.9. The number of para-hydroxylation sites is 1. The lowest BCUT2D eigenvalue weighted by molar-refractivity contribution is 0.0964. The summed E-state index contributed by atoms with van der Waals surface area (Å²) >= 11 is 0. The van der Waals surface area contributed by atoms with E-state index in [2.05, 4.69) is 26.5 Å². The van der Waals surface area contributed by atoms with Crippen molar-refractivity contribution in [2.75, 3.05) is 27.2 Å². The van der Waals surface area contributed by atoms with Crippen LogP contribution in [0.1, 0.15) is 34.0 Å². The number of amides is 1. The zero-order chi connectivity index (χ0) is 22.8. The molecular weight excluding hydrogens is 414 g/mol. The van der Waals surface area contributed by atoms with Gasteiger partial charge in [0.1, 0.15) is 5.75 Å². The van der Waals surface area contributed by atoms with Crippen LogP contribution in [0, 0.1) is 0 Å². The smallest absolute Gasteiger partial charge is 0.251 e. The lowest BCUT2D eigenvalue weighted by Crippen LogP contribution is -2.21. The fourth-order valence-corrected chi connectivity index (χ4v) is 4.65. The molecule has 1 amide bonds. The zero-order valence-electron chi connectivity index (χ0n) is 18.8. The van der Waals surface area contributed by atoms with Gasteiger partial charge < -0.3 is 10.1 Å². The number of carbonyl (C=O) groups excluding carboxylic acids is 1. The number of rotatable bonds is 6. The second-order valence-electron chi connectivity index (χ2n) is 8.41. The molecule has 0 bridgehead atoms. The van der Waals surface area contributed by atoms with E-state index in [0.29, 0.717) is 5.56 Å². The molecule has 5 rings (SSSR count). The number of carbonyl (C=O) groups is 1. The molecule has 33 heavy (non-hydrogen) atoms. The van der Waals surface area contributed by atoms with Crippen molar-refractivity contribution in [3.63, 3.8) is 0 Å². The maximum Gasteiger partial charge on any atom is 0.251 e. The molecule has 7 heteroatoms. The third-order valence-corrected chi connectivity index (χ3v) is 6.37. The second-order valence-corrected chi connectivity index (χ2v) is 8.41. The molecule has 0 radical (unpaired) electrons. The van der Waals surface area contributed by atoms with Gasteiger partial charge in [0.2, 0.25) is 0 Å². The number of H-pyrrole nitrogens is 1. The van der Waals surface area contributed by atoms with Crippen molar-refractivity contribution in [2.45, 2.75) is 18.9 Å². The number of ether oxygens (including phenoxy) is 1. The summed E-state index contributed by atoms with van der Waals surface area (Å²) < 4.78 is 5.37. The lowest BCUT2D eigenvalue weighted by Gasteiger charge is -2.17. The summed E-state index contributed by atoms with van der Waals surface area (Å²) in [6.07, 6.45) is 2.91. The first-order valence-corrected chi connectivity index (χ1v) is 11.2. The van der Waals surface area contributed by atoms with Gasteiger partial charge in [0.15, 0.2) is 0 Å². The fraction of sp³-hybridized carbons (Fsp3) is 0.269. The summed E-state index contributed by atoms with van der Waals surface area (Å²) in [7, 11) is 3.34. The van der Waals surface area contributed by atoms with Gasteiger partial charge in [-0.05, 0) is 37.2 Å². The van der Waals surface area contributed by atoms with Crippen LogP contribution in [0.15, 0.2) is 60.8 Å². The van der Waals surface area contributed by atoms with Gasteiger partial charge in [-0.15, -0.1) is 0 Å². The molecule has 0 spiro atoms. The highest BCUT2D eigenvalue weighted by molar-refractivity contribution is 6.06. The number of pyridine rings is 1. The van der Waals surface area contributed by atoms with Crippen molar-refractivity contribution in [1.82, 2.24) is 25.4 Å². The Morgan fingerprint density at radius 1 is 1.21 bits per heavy atom. The quantitative estimate of drug-likeness (QED) is 0.473. The molecule has 7 nitrogen and oxygen atoms in total. The van der Waals surface area contributed by atoms with Crippen LogP contribution >= 0.6 is 0 Å². The van der Waals surface area contributed by atoms with Gasteiger partial charge in [-0.25, -0.2) is 0 Å². The SMILES string of the molecule is CNC(=O)c1cc(C2CCN(Cc3cn[nH]c3-c3cccc(OC)c3)C2)nc2ccccc12. The van der Waals surface area contributed by atoms with E-state index in [4.69, 9.17) is 9.72 Å². The molecule has 168 valence electrons. The van der Waals surface area contributed by atoms with Crippen LogP contribution in [-0.2, 0) is 6.54 Å². The van der Waals surface area contributed by atoms with E-state index in [9.17, 15) is 4.79 Å². The minimum absolute atomic E-state index is 0.0777. The summed E-state index contributed by atoms with van der Waals surface area (Å²) in [6.45, 7) is 2.66. The molecular formula is C26H27N5O2. The van der Waals surface area contributed by atoms with Gasteiger partial charge in [0.25, 0.3) is 5.91 Å². The van der Waals surface area contributed by atoms with Crippen molar-refractivity contribution in [2.24, 2.45) is 0 Å². The number of hydrogen-bond acceptors (Lipinski definition) is 5. The minimum atomic E-state index is -0.0777. The van der Waals surface area contributed by atoms with Gasteiger partial charge >= 0.3 is 0 Å². The molecule has 2 N–H and O–H groups in total. The average Bonchev–Trinajstić information content (AvgIpc) is 3.53. The van der Waals surface area contributed by atoms with E-state index < -0.39 is 0 Å². The molecule has 2 aromatic carbocycles. The van der Waals surface area contributed by atoms with Gasteiger partial charge in [-0.2, -0.15) is 5.10 Å². The molecule has 1 aliphatic heterocycles. The van der Waals surface area contributed by atoms with E-state index >= 15 is 0 Å². The Morgan fingerprint density at radius 3 is 2.94 bits per heavy atom. The van der Waals surface area contributed by atoms with E-state index in [1.54, 1.807) is 14.2 Å². The summed E-state index contributed by atoms with van der Waals surface area (Å²) in [5.74, 6) is 1.03. The Balaban J connectivity index is 1.37. The van der Waals surface area contributed by atoms with Crippen molar-refractivity contribution in [1.29, 1.82) is 0 Å². The van der Waals surface area contributed by atoms with E-state index in [0.717, 1.165) is 65.2 Å². The van der Waals surface area contributed by atoms with Crippen molar-refractivity contribution in [3.8, 4) is 17.0 Å². The predicted molar refractivity (Wildman–Crippen MR) is 128 cm³/mol. The lowest BCUT2D eigenvalue weighted by atomic mass is 9.99. The molecule has 1 atom stereocenters. The van der Waals surface area contributed by atoms with Crippen LogP contribution in [0.3, 0.4) is 0 Å². The highest BCUT2D eigenvalue weighted by atomic mass is 16.5. The summed E-state index contributed by atoms with van der Waals surface area (Å²) in [5.41, 5.74) is 5.76. The molecule has 3 heterocycles. The van der Waals surface area contributed by atoms with E-state index in [1.807, 2.05) is 54.7 Å². The molecule has 0 aliphatic carbocycles. The van der Waals surface area contributed by atoms with E-state index in [1.165, 1.54) is 0 Å². The topological polar surface area (TPSA) is 83.1 Å².